The molecule has 7 nitrogen and oxygen atoms in total. The molecule has 0 radical (unpaired) electrons. The van der Waals surface area contributed by atoms with E-state index in [0.29, 0.717) is 12.2 Å². The Bertz CT molecular complexity index is 441. The van der Waals surface area contributed by atoms with E-state index in [9.17, 15) is 4.79 Å². The van der Waals surface area contributed by atoms with Gasteiger partial charge in [-0.1, -0.05) is 0 Å². The number of amides is 1. The number of piperazine rings is 1. The van der Waals surface area contributed by atoms with Crippen LogP contribution in [-0.4, -0.2) is 66.8 Å². The SMILES string of the molecule is CCNC(=O)c1ccc(N2CCN(CCCN)CC2)nn1. The molecule has 1 aliphatic rings. The summed E-state index contributed by atoms with van der Waals surface area (Å²) in [7, 11) is 0. The largest absolute Gasteiger partial charge is 0.353 e. The number of rotatable bonds is 6. The van der Waals surface area contributed by atoms with Crippen molar-refractivity contribution in [2.75, 3.05) is 50.7 Å². The molecule has 1 aromatic heterocycles. The van der Waals surface area contributed by atoms with Crippen molar-refractivity contribution in [3.05, 3.63) is 17.8 Å². The van der Waals surface area contributed by atoms with Crippen LogP contribution in [0.4, 0.5) is 5.82 Å². The maximum Gasteiger partial charge on any atom is 0.271 e. The van der Waals surface area contributed by atoms with Gasteiger partial charge < -0.3 is 16.0 Å². The number of aromatic nitrogens is 2. The molecule has 1 aliphatic heterocycles. The van der Waals surface area contributed by atoms with E-state index in [2.05, 4.69) is 25.3 Å². The zero-order chi connectivity index (χ0) is 15.1. The Balaban J connectivity index is 1.87. The smallest absolute Gasteiger partial charge is 0.271 e. The second-order valence-electron chi connectivity index (χ2n) is 5.11. The van der Waals surface area contributed by atoms with Gasteiger partial charge in [-0.3, -0.25) is 9.69 Å². The van der Waals surface area contributed by atoms with Crippen molar-refractivity contribution < 1.29 is 4.79 Å². The van der Waals surface area contributed by atoms with E-state index < -0.39 is 0 Å². The molecule has 0 bridgehead atoms. The molecule has 0 saturated carbocycles. The Hall–Kier alpha value is -1.73. The zero-order valence-electron chi connectivity index (χ0n) is 12.6. The molecule has 116 valence electrons. The van der Waals surface area contributed by atoms with E-state index in [1.807, 2.05) is 13.0 Å². The summed E-state index contributed by atoms with van der Waals surface area (Å²) in [6, 6.07) is 3.60. The number of anilines is 1. The molecule has 0 aliphatic carbocycles. The number of nitrogens with zero attached hydrogens (tertiary/aromatic N) is 4. The Morgan fingerprint density at radius 3 is 2.62 bits per heavy atom. The fourth-order valence-electron chi connectivity index (χ4n) is 2.38. The van der Waals surface area contributed by atoms with Crippen molar-refractivity contribution in [3.63, 3.8) is 0 Å². The highest BCUT2D eigenvalue weighted by molar-refractivity contribution is 5.92. The standard InChI is InChI=1S/C14H24N6O/c1-2-16-14(21)12-4-5-13(18-17-12)20-10-8-19(9-11-20)7-3-6-15/h4-5H,2-3,6-11,15H2,1H3,(H,16,21). The van der Waals surface area contributed by atoms with Crippen LogP contribution in [0.2, 0.25) is 0 Å². The van der Waals surface area contributed by atoms with Crippen LogP contribution in [-0.2, 0) is 0 Å². The average Bonchev–Trinajstić information content (AvgIpc) is 2.54. The van der Waals surface area contributed by atoms with Crippen molar-refractivity contribution in [1.29, 1.82) is 0 Å². The van der Waals surface area contributed by atoms with Gasteiger partial charge in [-0.15, -0.1) is 10.2 Å². The summed E-state index contributed by atoms with van der Waals surface area (Å²) in [5, 5.41) is 10.9. The number of carbonyl (C=O) groups excluding carboxylic acids is 1. The molecule has 7 heteroatoms. The van der Waals surface area contributed by atoms with Crippen molar-refractivity contribution in [3.8, 4) is 0 Å². The summed E-state index contributed by atoms with van der Waals surface area (Å²) in [5.41, 5.74) is 5.90. The highest BCUT2D eigenvalue weighted by atomic mass is 16.1. The van der Waals surface area contributed by atoms with Crippen LogP contribution in [0, 0.1) is 0 Å². The molecule has 3 N–H and O–H groups in total. The highest BCUT2D eigenvalue weighted by Gasteiger charge is 2.18. The second kappa shape index (κ2) is 7.90. The van der Waals surface area contributed by atoms with Gasteiger partial charge in [0.15, 0.2) is 11.5 Å². The summed E-state index contributed by atoms with van der Waals surface area (Å²) in [5.74, 6) is 0.657. The molecule has 0 spiro atoms. The quantitative estimate of drug-likeness (QED) is 0.748. The Morgan fingerprint density at radius 2 is 2.05 bits per heavy atom. The highest BCUT2D eigenvalue weighted by Crippen LogP contribution is 2.12. The first-order chi connectivity index (χ1) is 10.2. The van der Waals surface area contributed by atoms with Gasteiger partial charge in [-0.2, -0.15) is 0 Å². The first-order valence-electron chi connectivity index (χ1n) is 7.54. The number of nitrogens with two attached hydrogens (primary N) is 1. The van der Waals surface area contributed by atoms with Crippen molar-refractivity contribution in [2.24, 2.45) is 5.73 Å². The topological polar surface area (TPSA) is 87.4 Å². The first kappa shape index (κ1) is 15.7. The molecule has 0 unspecified atom stereocenters. The summed E-state index contributed by atoms with van der Waals surface area (Å²) in [6.45, 7) is 8.16. The average molecular weight is 292 g/mol. The van der Waals surface area contributed by atoms with Gasteiger partial charge in [0.05, 0.1) is 0 Å². The van der Waals surface area contributed by atoms with Crippen molar-refractivity contribution >= 4 is 11.7 Å². The van der Waals surface area contributed by atoms with Crippen LogP contribution in [0.15, 0.2) is 12.1 Å². The lowest BCUT2D eigenvalue weighted by molar-refractivity contribution is 0.0950. The molecular weight excluding hydrogens is 268 g/mol. The molecule has 21 heavy (non-hydrogen) atoms. The van der Waals surface area contributed by atoms with Gasteiger partial charge >= 0.3 is 0 Å². The first-order valence-corrected chi connectivity index (χ1v) is 7.54. The summed E-state index contributed by atoms with van der Waals surface area (Å²) < 4.78 is 0. The molecule has 0 aromatic carbocycles. The molecule has 1 fully saturated rings. The van der Waals surface area contributed by atoms with E-state index in [0.717, 1.165) is 51.5 Å². The van der Waals surface area contributed by atoms with E-state index in [4.69, 9.17) is 5.73 Å². The lowest BCUT2D eigenvalue weighted by atomic mass is 10.2. The minimum Gasteiger partial charge on any atom is -0.353 e. The summed E-state index contributed by atoms with van der Waals surface area (Å²) >= 11 is 0. The Morgan fingerprint density at radius 1 is 1.29 bits per heavy atom. The molecule has 2 heterocycles. The maximum absolute atomic E-state index is 11.6. The number of hydrogen-bond donors (Lipinski definition) is 2. The third kappa shape index (κ3) is 4.37. The number of nitrogens with one attached hydrogen (secondary N) is 1. The molecular formula is C14H24N6O. The van der Waals surface area contributed by atoms with Crippen LogP contribution in [0.5, 0.6) is 0 Å². The molecule has 0 atom stereocenters. The third-order valence-electron chi connectivity index (χ3n) is 3.60. The maximum atomic E-state index is 11.6. The third-order valence-corrected chi connectivity index (χ3v) is 3.60. The van der Waals surface area contributed by atoms with Crippen molar-refractivity contribution in [1.82, 2.24) is 20.4 Å². The monoisotopic (exact) mass is 292 g/mol. The van der Waals surface area contributed by atoms with Gasteiger partial charge in [0, 0.05) is 32.7 Å². The molecule has 1 aromatic rings. The van der Waals surface area contributed by atoms with Crippen molar-refractivity contribution in [2.45, 2.75) is 13.3 Å². The van der Waals surface area contributed by atoms with E-state index in [1.54, 1.807) is 6.07 Å². The van der Waals surface area contributed by atoms with E-state index >= 15 is 0 Å². The van der Waals surface area contributed by atoms with Gasteiger partial charge in [-0.05, 0) is 38.6 Å². The van der Waals surface area contributed by atoms with Crippen LogP contribution < -0.4 is 16.0 Å². The Kier molecular flexibility index (Phi) is 5.89. The molecule has 1 amide bonds. The lowest BCUT2D eigenvalue weighted by Gasteiger charge is -2.35. The molecule has 2 rings (SSSR count). The summed E-state index contributed by atoms with van der Waals surface area (Å²) in [4.78, 5) is 16.2. The second-order valence-corrected chi connectivity index (χ2v) is 5.11. The predicted octanol–water partition coefficient (Wildman–Crippen LogP) is -0.303. The number of hydrogen-bond acceptors (Lipinski definition) is 6. The van der Waals surface area contributed by atoms with Gasteiger partial charge in [0.1, 0.15) is 0 Å². The fourth-order valence-corrected chi connectivity index (χ4v) is 2.38. The van der Waals surface area contributed by atoms with Crippen LogP contribution in [0.25, 0.3) is 0 Å². The van der Waals surface area contributed by atoms with Gasteiger partial charge in [-0.25, -0.2) is 0 Å². The van der Waals surface area contributed by atoms with Crippen LogP contribution in [0.3, 0.4) is 0 Å². The van der Waals surface area contributed by atoms with Crippen LogP contribution >= 0.6 is 0 Å². The normalized spacial score (nSPS) is 16.0. The van der Waals surface area contributed by atoms with Gasteiger partial charge in [0.25, 0.3) is 5.91 Å². The van der Waals surface area contributed by atoms with E-state index in [1.165, 1.54) is 0 Å². The Labute approximate surface area is 125 Å². The minimum atomic E-state index is -0.178. The molecule has 1 saturated heterocycles. The minimum absolute atomic E-state index is 0.178. The van der Waals surface area contributed by atoms with Gasteiger partial charge in [0.2, 0.25) is 0 Å². The summed E-state index contributed by atoms with van der Waals surface area (Å²) in [6.07, 6.45) is 1.04. The number of carbonyl (C=O) groups is 1. The van der Waals surface area contributed by atoms with E-state index in [-0.39, 0.29) is 5.91 Å². The fraction of sp³-hybridized carbons (Fsp3) is 0.643. The predicted molar refractivity (Wildman–Crippen MR) is 82.4 cm³/mol. The van der Waals surface area contributed by atoms with Crippen LogP contribution in [0.1, 0.15) is 23.8 Å². The zero-order valence-corrected chi connectivity index (χ0v) is 12.6. The lowest BCUT2D eigenvalue weighted by Crippen LogP contribution is -2.47.